The first kappa shape index (κ1) is 50.6. The van der Waals surface area contributed by atoms with Gasteiger partial charge in [-0.2, -0.15) is 0 Å². The van der Waals surface area contributed by atoms with Crippen molar-refractivity contribution in [2.45, 2.75) is 232 Å². The number of rotatable bonds is 40. The van der Waals surface area contributed by atoms with E-state index >= 15 is 0 Å². The number of unbranched alkanes of at least 4 members (excludes halogenated alkanes) is 24. The molecule has 0 aliphatic carbocycles. The molecule has 0 spiro atoms. The van der Waals surface area contributed by atoms with E-state index in [1.54, 1.807) is 0 Å². The van der Waals surface area contributed by atoms with Crippen LogP contribution in [0.25, 0.3) is 0 Å². The molecule has 6 nitrogen and oxygen atoms in total. The molecule has 0 amide bonds. The van der Waals surface area contributed by atoms with Gasteiger partial charge in [0.15, 0.2) is 6.10 Å². The molecule has 6 heteroatoms. The summed E-state index contributed by atoms with van der Waals surface area (Å²) in [5.41, 5.74) is 0. The summed E-state index contributed by atoms with van der Waals surface area (Å²) in [6.07, 6.45) is 46.9. The quantitative estimate of drug-likeness (QED) is 0.0204. The SMILES string of the molecule is CCCC/C=C\CCCCCCCC(=O)OC(COC(=O)CCCCCCCC/C=C\C=C/CCCCC)COC(=O)CCCCCCCCCCC. The minimum absolute atomic E-state index is 0.0779. The second-order valence-electron chi connectivity index (χ2n) is 15.0. The maximum absolute atomic E-state index is 12.7. The average Bonchev–Trinajstić information content (AvgIpc) is 3.15. The van der Waals surface area contributed by atoms with E-state index in [0.717, 1.165) is 77.0 Å². The summed E-state index contributed by atoms with van der Waals surface area (Å²) in [4.78, 5) is 37.6. The first-order valence-corrected chi connectivity index (χ1v) is 22.5. The van der Waals surface area contributed by atoms with Crippen LogP contribution in [0.3, 0.4) is 0 Å². The van der Waals surface area contributed by atoms with E-state index in [1.807, 2.05) is 0 Å². The third-order valence-corrected chi connectivity index (χ3v) is 9.65. The first-order chi connectivity index (χ1) is 26.0. The standard InChI is InChI=1S/C47H84O6/c1-4-7-10-13-16-19-21-22-23-24-26-28-31-34-37-40-46(49)52-43-44(42-51-45(48)39-36-33-30-27-18-15-12-9-6-3)53-47(50)41-38-35-32-29-25-20-17-14-11-8-5-2/h14,16-17,19,21-22,44H,4-13,15,18,20,23-43H2,1-3H3/b17-14-,19-16-,22-21-. The topological polar surface area (TPSA) is 78.9 Å². The van der Waals surface area contributed by atoms with Gasteiger partial charge in [0.25, 0.3) is 0 Å². The van der Waals surface area contributed by atoms with Gasteiger partial charge in [0.1, 0.15) is 13.2 Å². The lowest BCUT2D eigenvalue weighted by atomic mass is 10.1. The van der Waals surface area contributed by atoms with Crippen LogP contribution in [-0.2, 0) is 28.6 Å². The fourth-order valence-electron chi connectivity index (χ4n) is 6.18. The molecule has 0 aromatic carbocycles. The summed E-state index contributed by atoms with van der Waals surface area (Å²) in [6.45, 7) is 6.52. The molecule has 0 heterocycles. The zero-order chi connectivity index (χ0) is 38.7. The molecule has 0 aromatic rings. The Morgan fingerprint density at radius 1 is 0.377 bits per heavy atom. The van der Waals surface area contributed by atoms with Crippen LogP contribution in [0, 0.1) is 0 Å². The lowest BCUT2D eigenvalue weighted by Crippen LogP contribution is -2.30. The Morgan fingerprint density at radius 2 is 0.698 bits per heavy atom. The number of hydrogen-bond donors (Lipinski definition) is 0. The highest BCUT2D eigenvalue weighted by molar-refractivity contribution is 5.71. The summed E-state index contributed by atoms with van der Waals surface area (Å²) in [7, 11) is 0. The van der Waals surface area contributed by atoms with Gasteiger partial charge >= 0.3 is 17.9 Å². The molecule has 0 N–H and O–H groups in total. The molecule has 0 fully saturated rings. The fraction of sp³-hybridized carbons (Fsp3) is 0.809. The summed E-state index contributed by atoms with van der Waals surface area (Å²) in [6, 6.07) is 0. The summed E-state index contributed by atoms with van der Waals surface area (Å²) < 4.78 is 16.7. The van der Waals surface area contributed by atoms with Crippen molar-refractivity contribution in [3.05, 3.63) is 36.5 Å². The Balaban J connectivity index is 4.36. The Morgan fingerprint density at radius 3 is 1.15 bits per heavy atom. The number of carbonyl (C=O) groups is 3. The van der Waals surface area contributed by atoms with E-state index in [4.69, 9.17) is 14.2 Å². The normalized spacial score (nSPS) is 12.3. The molecule has 0 saturated heterocycles. The molecule has 53 heavy (non-hydrogen) atoms. The van der Waals surface area contributed by atoms with Crippen LogP contribution in [0.15, 0.2) is 36.5 Å². The largest absolute Gasteiger partial charge is 0.462 e. The smallest absolute Gasteiger partial charge is 0.306 e. The molecule has 0 saturated carbocycles. The van der Waals surface area contributed by atoms with E-state index in [-0.39, 0.29) is 31.1 Å². The van der Waals surface area contributed by atoms with Crippen LogP contribution in [0.4, 0.5) is 0 Å². The number of hydrogen-bond acceptors (Lipinski definition) is 6. The van der Waals surface area contributed by atoms with Gasteiger partial charge in [0, 0.05) is 19.3 Å². The van der Waals surface area contributed by atoms with Gasteiger partial charge in [0.2, 0.25) is 0 Å². The number of esters is 3. The highest BCUT2D eigenvalue weighted by Crippen LogP contribution is 2.14. The molecular formula is C47H84O6. The Bertz CT molecular complexity index is 907. The van der Waals surface area contributed by atoms with Gasteiger partial charge in [-0.15, -0.1) is 0 Å². The molecule has 1 atom stereocenters. The summed E-state index contributed by atoms with van der Waals surface area (Å²) >= 11 is 0. The summed E-state index contributed by atoms with van der Waals surface area (Å²) in [5.74, 6) is -0.902. The second kappa shape index (κ2) is 42.4. The van der Waals surface area contributed by atoms with Gasteiger partial charge in [-0.1, -0.05) is 179 Å². The Labute approximate surface area is 327 Å². The van der Waals surface area contributed by atoms with Crippen molar-refractivity contribution in [2.24, 2.45) is 0 Å². The van der Waals surface area contributed by atoms with Crippen molar-refractivity contribution in [1.82, 2.24) is 0 Å². The summed E-state index contributed by atoms with van der Waals surface area (Å²) in [5, 5.41) is 0. The molecular weight excluding hydrogens is 661 g/mol. The van der Waals surface area contributed by atoms with Gasteiger partial charge in [0.05, 0.1) is 0 Å². The van der Waals surface area contributed by atoms with E-state index in [2.05, 4.69) is 57.2 Å². The minimum Gasteiger partial charge on any atom is -0.462 e. The minimum atomic E-state index is -0.774. The van der Waals surface area contributed by atoms with Crippen LogP contribution in [0.5, 0.6) is 0 Å². The van der Waals surface area contributed by atoms with Gasteiger partial charge in [-0.05, 0) is 64.2 Å². The van der Waals surface area contributed by atoms with E-state index in [1.165, 1.54) is 109 Å². The van der Waals surface area contributed by atoms with Crippen molar-refractivity contribution < 1.29 is 28.6 Å². The first-order valence-electron chi connectivity index (χ1n) is 22.5. The maximum atomic E-state index is 12.7. The Hall–Kier alpha value is -2.37. The zero-order valence-electron chi connectivity index (χ0n) is 35.0. The fourth-order valence-corrected chi connectivity index (χ4v) is 6.18. The van der Waals surface area contributed by atoms with Crippen molar-refractivity contribution in [3.63, 3.8) is 0 Å². The maximum Gasteiger partial charge on any atom is 0.306 e. The molecule has 0 rings (SSSR count). The molecule has 0 bridgehead atoms. The molecule has 0 aliphatic heterocycles. The van der Waals surface area contributed by atoms with Crippen molar-refractivity contribution >= 4 is 17.9 Å². The van der Waals surface area contributed by atoms with Crippen molar-refractivity contribution in [3.8, 4) is 0 Å². The predicted octanol–water partition coefficient (Wildman–Crippen LogP) is 14.2. The van der Waals surface area contributed by atoms with Gasteiger partial charge in [-0.3, -0.25) is 14.4 Å². The van der Waals surface area contributed by atoms with Gasteiger partial charge < -0.3 is 14.2 Å². The van der Waals surface area contributed by atoms with E-state index in [9.17, 15) is 14.4 Å². The number of allylic oxidation sites excluding steroid dienone is 6. The second-order valence-corrected chi connectivity index (χ2v) is 15.0. The predicted molar refractivity (Wildman–Crippen MR) is 224 cm³/mol. The third kappa shape index (κ3) is 40.6. The monoisotopic (exact) mass is 745 g/mol. The highest BCUT2D eigenvalue weighted by Gasteiger charge is 2.19. The highest BCUT2D eigenvalue weighted by atomic mass is 16.6. The molecule has 1 unspecified atom stereocenters. The van der Waals surface area contributed by atoms with Crippen molar-refractivity contribution in [1.29, 1.82) is 0 Å². The van der Waals surface area contributed by atoms with E-state index < -0.39 is 6.10 Å². The molecule has 0 aliphatic rings. The average molecular weight is 745 g/mol. The Kier molecular flexibility index (Phi) is 40.5. The number of ether oxygens (including phenoxy) is 3. The van der Waals surface area contributed by atoms with E-state index in [0.29, 0.717) is 19.3 Å². The lowest BCUT2D eigenvalue weighted by Gasteiger charge is -2.18. The zero-order valence-corrected chi connectivity index (χ0v) is 35.0. The lowest BCUT2D eigenvalue weighted by molar-refractivity contribution is -0.167. The molecule has 0 radical (unpaired) electrons. The van der Waals surface area contributed by atoms with Crippen LogP contribution >= 0.6 is 0 Å². The van der Waals surface area contributed by atoms with Crippen LogP contribution in [0.1, 0.15) is 226 Å². The third-order valence-electron chi connectivity index (χ3n) is 9.65. The molecule has 0 aromatic heterocycles. The van der Waals surface area contributed by atoms with Crippen LogP contribution < -0.4 is 0 Å². The van der Waals surface area contributed by atoms with Gasteiger partial charge in [-0.25, -0.2) is 0 Å². The van der Waals surface area contributed by atoms with Crippen LogP contribution in [0.2, 0.25) is 0 Å². The van der Waals surface area contributed by atoms with Crippen LogP contribution in [-0.4, -0.2) is 37.2 Å². The van der Waals surface area contributed by atoms with Crippen molar-refractivity contribution in [2.75, 3.05) is 13.2 Å². The molecule has 308 valence electrons. The number of carbonyl (C=O) groups excluding carboxylic acids is 3.